The predicted molar refractivity (Wildman–Crippen MR) is 91.1 cm³/mol. The number of carboxylic acids is 1. The first-order valence-electron chi connectivity index (χ1n) is 7.47. The molecule has 1 rings (SSSR count). The normalized spacial score (nSPS) is 11.7. The third kappa shape index (κ3) is 5.55. The number of pyridine rings is 1. The largest absolute Gasteiger partial charge is 0.478 e. The number of hydrogen-bond acceptors (Lipinski definition) is 6. The number of hydrogen-bond donors (Lipinski definition) is 1. The second kappa shape index (κ2) is 7.45. The average molecular weight is 391 g/mol. The van der Waals surface area contributed by atoms with Gasteiger partial charge in [-0.1, -0.05) is 11.6 Å². The highest BCUT2D eigenvalue weighted by molar-refractivity contribution is 6.30. The fourth-order valence-electron chi connectivity index (χ4n) is 1.70. The molecule has 0 spiro atoms. The minimum Gasteiger partial charge on any atom is -0.478 e. The number of aromatic nitrogens is 1. The van der Waals surface area contributed by atoms with Crippen LogP contribution in [0.25, 0.3) is 0 Å². The molecule has 0 bridgehead atoms. The van der Waals surface area contributed by atoms with Crippen molar-refractivity contribution in [3.8, 4) is 0 Å². The highest BCUT2D eigenvalue weighted by Gasteiger charge is 2.38. The van der Waals surface area contributed by atoms with Crippen LogP contribution in [0.3, 0.4) is 0 Å². The molecule has 10 heteroatoms. The van der Waals surface area contributed by atoms with E-state index in [2.05, 4.69) is 4.98 Å². The molecule has 0 aromatic carbocycles. The number of halogens is 2. The Hall–Kier alpha value is -2.42. The number of rotatable bonds is 2. The van der Waals surface area contributed by atoms with Crippen molar-refractivity contribution in [2.75, 3.05) is 4.90 Å². The highest BCUT2D eigenvalue weighted by atomic mass is 35.5. The number of aromatic carboxylic acids is 1. The van der Waals surface area contributed by atoms with E-state index in [-0.39, 0.29) is 4.90 Å². The number of anilines is 1. The Kier molecular flexibility index (Phi) is 6.19. The lowest BCUT2D eigenvalue weighted by Gasteiger charge is -2.29. The molecule has 1 N–H and O–H groups in total. The van der Waals surface area contributed by atoms with Crippen LogP contribution in [0.4, 0.5) is 19.7 Å². The number of amides is 2. The van der Waals surface area contributed by atoms with Crippen molar-refractivity contribution < 1.29 is 33.4 Å². The average Bonchev–Trinajstić information content (AvgIpc) is 2.39. The van der Waals surface area contributed by atoms with Crippen molar-refractivity contribution in [1.82, 2.24) is 4.98 Å². The van der Waals surface area contributed by atoms with E-state index >= 15 is 0 Å². The molecular weight excluding hydrogens is 371 g/mol. The van der Waals surface area contributed by atoms with E-state index < -0.39 is 51.6 Å². The van der Waals surface area contributed by atoms with E-state index in [0.717, 1.165) is 6.20 Å². The zero-order valence-corrected chi connectivity index (χ0v) is 16.0. The van der Waals surface area contributed by atoms with Gasteiger partial charge in [0.25, 0.3) is 0 Å². The van der Waals surface area contributed by atoms with Gasteiger partial charge in [0, 0.05) is 6.20 Å². The molecule has 0 aliphatic carbocycles. The van der Waals surface area contributed by atoms with Gasteiger partial charge in [-0.2, -0.15) is 4.90 Å². The number of carbonyl (C=O) groups excluding carboxylic acids is 2. The predicted octanol–water partition coefficient (Wildman–Crippen LogP) is 4.25. The molecule has 0 atom stereocenters. The van der Waals surface area contributed by atoms with Gasteiger partial charge in [-0.15, -0.1) is 0 Å². The van der Waals surface area contributed by atoms with Gasteiger partial charge in [0.1, 0.15) is 22.5 Å². The number of carbonyl (C=O) groups is 3. The Bertz CT molecular complexity index is 711. The second-order valence-corrected chi connectivity index (χ2v) is 7.58. The van der Waals surface area contributed by atoms with Crippen LogP contribution in [0.1, 0.15) is 51.9 Å². The molecule has 0 aliphatic rings. The standard InChI is InChI=1S/C16H20ClFN2O6/c1-15(2,3)25-13(23)20(14(24)26-16(4,5)6)10-8(12(21)22)7-19-11(17)9(10)18/h7H,1-6H3,(H,21,22). The molecule has 1 heterocycles. The first kappa shape index (κ1) is 21.6. The molecule has 0 saturated carbocycles. The quantitative estimate of drug-likeness (QED) is 0.752. The molecule has 0 aliphatic heterocycles. The summed E-state index contributed by atoms with van der Waals surface area (Å²) in [4.78, 5) is 40.0. The first-order chi connectivity index (χ1) is 11.6. The van der Waals surface area contributed by atoms with Crippen LogP contribution in [0.15, 0.2) is 6.20 Å². The monoisotopic (exact) mass is 390 g/mol. The maximum absolute atomic E-state index is 14.5. The molecule has 1 aromatic heterocycles. The maximum Gasteiger partial charge on any atom is 0.424 e. The second-order valence-electron chi connectivity index (χ2n) is 7.23. The summed E-state index contributed by atoms with van der Waals surface area (Å²) < 4.78 is 24.7. The number of carboxylic acid groups (broad SMARTS) is 1. The van der Waals surface area contributed by atoms with Crippen molar-refractivity contribution in [2.24, 2.45) is 0 Å². The van der Waals surface area contributed by atoms with Gasteiger partial charge < -0.3 is 14.6 Å². The van der Waals surface area contributed by atoms with Gasteiger partial charge in [0.2, 0.25) is 0 Å². The summed E-state index contributed by atoms with van der Waals surface area (Å²) in [5.74, 6) is -3.00. The molecular formula is C16H20ClFN2O6. The lowest BCUT2D eigenvalue weighted by Crippen LogP contribution is -2.45. The summed E-state index contributed by atoms with van der Waals surface area (Å²) in [7, 11) is 0. The van der Waals surface area contributed by atoms with Crippen LogP contribution < -0.4 is 4.90 Å². The summed E-state index contributed by atoms with van der Waals surface area (Å²) in [5, 5.41) is 8.56. The minimum absolute atomic E-state index is 0.156. The zero-order valence-electron chi connectivity index (χ0n) is 15.2. The summed E-state index contributed by atoms with van der Waals surface area (Å²) >= 11 is 5.60. The van der Waals surface area contributed by atoms with Gasteiger partial charge >= 0.3 is 18.2 Å². The lowest BCUT2D eigenvalue weighted by molar-refractivity contribution is 0.0428. The SMILES string of the molecule is CC(C)(C)OC(=O)N(C(=O)OC(C)(C)C)c1c(C(=O)O)cnc(Cl)c1F. The van der Waals surface area contributed by atoms with Gasteiger partial charge in [0.05, 0.1) is 0 Å². The van der Waals surface area contributed by atoms with E-state index in [4.69, 9.17) is 21.1 Å². The fourth-order valence-corrected chi connectivity index (χ4v) is 1.84. The Labute approximate surface area is 154 Å². The molecule has 26 heavy (non-hydrogen) atoms. The first-order valence-corrected chi connectivity index (χ1v) is 7.85. The van der Waals surface area contributed by atoms with Crippen LogP contribution in [-0.4, -0.2) is 39.4 Å². The Morgan fingerprint density at radius 1 is 1.08 bits per heavy atom. The van der Waals surface area contributed by atoms with Crippen LogP contribution in [0.5, 0.6) is 0 Å². The third-order valence-electron chi connectivity index (χ3n) is 2.56. The van der Waals surface area contributed by atoms with Crippen molar-refractivity contribution in [1.29, 1.82) is 0 Å². The van der Waals surface area contributed by atoms with Crippen molar-refractivity contribution in [2.45, 2.75) is 52.7 Å². The minimum atomic E-state index is -1.62. The molecule has 0 fully saturated rings. The summed E-state index contributed by atoms with van der Waals surface area (Å²) in [5.41, 5.74) is -3.77. The van der Waals surface area contributed by atoms with Crippen LogP contribution >= 0.6 is 11.6 Å². The Balaban J connectivity index is 3.61. The van der Waals surface area contributed by atoms with E-state index in [9.17, 15) is 23.9 Å². The van der Waals surface area contributed by atoms with Gasteiger partial charge in [0.15, 0.2) is 11.0 Å². The molecule has 8 nitrogen and oxygen atoms in total. The molecule has 144 valence electrons. The van der Waals surface area contributed by atoms with E-state index in [0.29, 0.717) is 0 Å². The molecule has 1 aromatic rings. The summed E-state index contributed by atoms with van der Waals surface area (Å²) in [6, 6.07) is 0. The van der Waals surface area contributed by atoms with E-state index in [1.807, 2.05) is 0 Å². The number of imide groups is 1. The Morgan fingerprint density at radius 2 is 1.50 bits per heavy atom. The molecule has 0 radical (unpaired) electrons. The topological polar surface area (TPSA) is 106 Å². The number of ether oxygens (including phenoxy) is 2. The smallest absolute Gasteiger partial charge is 0.424 e. The highest BCUT2D eigenvalue weighted by Crippen LogP contribution is 2.31. The van der Waals surface area contributed by atoms with Crippen molar-refractivity contribution in [3.05, 3.63) is 22.7 Å². The Morgan fingerprint density at radius 3 is 1.85 bits per heavy atom. The lowest BCUT2D eigenvalue weighted by atomic mass is 10.2. The third-order valence-corrected chi connectivity index (χ3v) is 2.82. The maximum atomic E-state index is 14.5. The van der Waals surface area contributed by atoms with Gasteiger partial charge in [-0.25, -0.2) is 23.8 Å². The van der Waals surface area contributed by atoms with Crippen molar-refractivity contribution in [3.63, 3.8) is 0 Å². The van der Waals surface area contributed by atoms with Gasteiger partial charge in [-0.05, 0) is 41.5 Å². The van der Waals surface area contributed by atoms with Crippen LogP contribution in [0, 0.1) is 5.82 Å². The van der Waals surface area contributed by atoms with Gasteiger partial charge in [-0.3, -0.25) is 0 Å². The van der Waals surface area contributed by atoms with Crippen LogP contribution in [-0.2, 0) is 9.47 Å². The fraction of sp³-hybridized carbons (Fsp3) is 0.500. The molecule has 0 unspecified atom stereocenters. The summed E-state index contributed by atoms with van der Waals surface area (Å²) in [6.07, 6.45) is -1.92. The summed E-state index contributed by atoms with van der Waals surface area (Å²) in [6.45, 7) is 9.12. The molecule has 2 amide bonds. The van der Waals surface area contributed by atoms with Crippen molar-refractivity contribution >= 4 is 35.4 Å². The van der Waals surface area contributed by atoms with E-state index in [1.54, 1.807) is 0 Å². The zero-order chi connectivity index (χ0) is 20.4. The number of nitrogens with zero attached hydrogens (tertiary/aromatic N) is 2. The van der Waals surface area contributed by atoms with E-state index in [1.165, 1.54) is 41.5 Å². The van der Waals surface area contributed by atoms with Crippen LogP contribution in [0.2, 0.25) is 5.15 Å². The molecule has 0 saturated heterocycles.